The molecule has 0 aromatic carbocycles. The summed E-state index contributed by atoms with van der Waals surface area (Å²) in [6.07, 6.45) is 1.08. The number of carbonyl (C=O) groups is 2. The van der Waals surface area contributed by atoms with E-state index in [0.717, 1.165) is 11.8 Å². The molecule has 1 aromatic rings. The molecule has 1 aromatic heterocycles. The van der Waals surface area contributed by atoms with Crippen molar-refractivity contribution in [3.05, 3.63) is 11.9 Å². The summed E-state index contributed by atoms with van der Waals surface area (Å²) in [4.78, 5) is 29.7. The second-order valence-electron chi connectivity index (χ2n) is 3.87. The predicted molar refractivity (Wildman–Crippen MR) is 72.7 cm³/mol. The number of hydrogen-bond acceptors (Lipinski definition) is 7. The number of nitrogens with one attached hydrogen (secondary N) is 1. The lowest BCUT2D eigenvalue weighted by molar-refractivity contribution is -0.147. The number of aromatic nitrogens is 2. The molecule has 8 heteroatoms. The molecular weight excluding hydrogens is 284 g/mol. The molecule has 1 rings (SSSR count). The molecule has 1 atom stereocenters. The highest BCUT2D eigenvalue weighted by Gasteiger charge is 2.13. The zero-order chi connectivity index (χ0) is 15.0. The van der Waals surface area contributed by atoms with E-state index in [2.05, 4.69) is 9.97 Å². The van der Waals surface area contributed by atoms with Crippen LogP contribution in [0.2, 0.25) is 0 Å². The Bertz CT molecular complexity index is 449. The fourth-order valence-electron chi connectivity index (χ4n) is 1.34. The molecule has 1 unspecified atom stereocenters. The minimum absolute atomic E-state index is 0.101. The van der Waals surface area contributed by atoms with Crippen LogP contribution in [0.1, 0.15) is 24.3 Å². The number of rotatable bonds is 8. The summed E-state index contributed by atoms with van der Waals surface area (Å²) in [5, 5.41) is 0.462. The zero-order valence-electron chi connectivity index (χ0n) is 11.7. The summed E-state index contributed by atoms with van der Waals surface area (Å²) in [6.45, 7) is 4.12. The Labute approximate surface area is 121 Å². The van der Waals surface area contributed by atoms with Crippen LogP contribution in [0.5, 0.6) is 0 Å². The van der Waals surface area contributed by atoms with Gasteiger partial charge in [-0.3, -0.25) is 4.79 Å². The molecule has 0 aliphatic carbocycles. The van der Waals surface area contributed by atoms with E-state index in [1.807, 2.05) is 0 Å². The highest BCUT2D eigenvalue weighted by molar-refractivity contribution is 7.99. The highest BCUT2D eigenvalue weighted by atomic mass is 32.2. The fourth-order valence-corrected chi connectivity index (χ4v) is 1.98. The van der Waals surface area contributed by atoms with Gasteiger partial charge in [-0.2, -0.15) is 0 Å². The van der Waals surface area contributed by atoms with Crippen molar-refractivity contribution < 1.29 is 23.8 Å². The number of ether oxygens (including phenoxy) is 3. The lowest BCUT2D eigenvalue weighted by Crippen LogP contribution is -2.20. The molecule has 0 bridgehead atoms. The molecule has 0 amide bonds. The number of H-pyrrole nitrogens is 1. The Hall–Kier alpha value is -1.54. The van der Waals surface area contributed by atoms with Gasteiger partial charge < -0.3 is 19.2 Å². The SMILES string of the molecule is CCOC(=O)c1cnc(SCC(=O)OC(C)COC)[nH]1. The summed E-state index contributed by atoms with van der Waals surface area (Å²) in [7, 11) is 1.54. The number of hydrogen-bond donors (Lipinski definition) is 1. The Kier molecular flexibility index (Phi) is 7.10. The van der Waals surface area contributed by atoms with E-state index in [0.29, 0.717) is 18.4 Å². The lowest BCUT2D eigenvalue weighted by atomic mass is 10.4. The fraction of sp³-hybridized carbons (Fsp3) is 0.583. The molecular formula is C12H18N2O5S. The van der Waals surface area contributed by atoms with Crippen molar-refractivity contribution in [1.29, 1.82) is 0 Å². The molecule has 0 saturated heterocycles. The average molecular weight is 302 g/mol. The third-order valence-corrected chi connectivity index (χ3v) is 2.97. The number of imidazole rings is 1. The maximum atomic E-state index is 11.5. The molecule has 0 aliphatic heterocycles. The van der Waals surface area contributed by atoms with Gasteiger partial charge in [-0.1, -0.05) is 11.8 Å². The van der Waals surface area contributed by atoms with Crippen molar-refractivity contribution in [1.82, 2.24) is 9.97 Å². The van der Waals surface area contributed by atoms with Crippen LogP contribution in [-0.4, -0.2) is 54.1 Å². The number of thioether (sulfide) groups is 1. The van der Waals surface area contributed by atoms with E-state index >= 15 is 0 Å². The normalized spacial score (nSPS) is 11.9. The molecule has 20 heavy (non-hydrogen) atoms. The maximum absolute atomic E-state index is 11.5. The van der Waals surface area contributed by atoms with Gasteiger partial charge in [0.25, 0.3) is 0 Å². The number of aromatic amines is 1. The van der Waals surface area contributed by atoms with Gasteiger partial charge in [0.1, 0.15) is 11.8 Å². The average Bonchev–Trinajstić information content (AvgIpc) is 2.85. The second kappa shape index (κ2) is 8.60. The standard InChI is InChI=1S/C12H18N2O5S/c1-4-18-11(16)9-5-13-12(14-9)20-7-10(15)19-8(2)6-17-3/h5,8H,4,6-7H2,1-3H3,(H,13,14). The van der Waals surface area contributed by atoms with E-state index in [4.69, 9.17) is 14.2 Å². The van der Waals surface area contributed by atoms with Crippen molar-refractivity contribution in [3.63, 3.8) is 0 Å². The number of nitrogens with zero attached hydrogens (tertiary/aromatic N) is 1. The van der Waals surface area contributed by atoms with Gasteiger partial charge in [-0.15, -0.1) is 0 Å². The van der Waals surface area contributed by atoms with E-state index in [9.17, 15) is 9.59 Å². The first-order chi connectivity index (χ1) is 9.56. The van der Waals surface area contributed by atoms with Crippen LogP contribution < -0.4 is 0 Å². The minimum atomic E-state index is -0.469. The monoisotopic (exact) mass is 302 g/mol. The summed E-state index contributed by atoms with van der Waals surface area (Å²) >= 11 is 1.16. The van der Waals surface area contributed by atoms with Gasteiger partial charge in [-0.05, 0) is 13.8 Å². The van der Waals surface area contributed by atoms with Crippen molar-refractivity contribution in [3.8, 4) is 0 Å². The van der Waals surface area contributed by atoms with Crippen LogP contribution in [0.4, 0.5) is 0 Å². The molecule has 0 fully saturated rings. The van der Waals surface area contributed by atoms with Gasteiger partial charge in [0.05, 0.1) is 25.2 Å². The largest absolute Gasteiger partial charge is 0.461 e. The Balaban J connectivity index is 2.38. The molecule has 112 valence electrons. The smallest absolute Gasteiger partial charge is 0.356 e. The van der Waals surface area contributed by atoms with Crippen LogP contribution in [0, 0.1) is 0 Å². The van der Waals surface area contributed by atoms with Crippen molar-refractivity contribution >= 4 is 23.7 Å². The Morgan fingerprint density at radius 3 is 2.90 bits per heavy atom. The number of methoxy groups -OCH3 is 1. The van der Waals surface area contributed by atoms with Crippen molar-refractivity contribution in [2.45, 2.75) is 25.1 Å². The molecule has 0 spiro atoms. The van der Waals surface area contributed by atoms with Crippen LogP contribution in [-0.2, 0) is 19.0 Å². The molecule has 0 radical (unpaired) electrons. The first-order valence-corrected chi connectivity index (χ1v) is 7.08. The van der Waals surface area contributed by atoms with Crippen molar-refractivity contribution in [2.75, 3.05) is 26.1 Å². The van der Waals surface area contributed by atoms with Crippen LogP contribution in [0.15, 0.2) is 11.4 Å². The van der Waals surface area contributed by atoms with E-state index in [1.54, 1.807) is 21.0 Å². The first kappa shape index (κ1) is 16.5. The Morgan fingerprint density at radius 1 is 1.50 bits per heavy atom. The van der Waals surface area contributed by atoms with E-state index in [1.165, 1.54) is 6.20 Å². The zero-order valence-corrected chi connectivity index (χ0v) is 12.5. The van der Waals surface area contributed by atoms with Gasteiger partial charge in [0.15, 0.2) is 5.16 Å². The Morgan fingerprint density at radius 2 is 2.25 bits per heavy atom. The van der Waals surface area contributed by atoms with Crippen LogP contribution >= 0.6 is 11.8 Å². The van der Waals surface area contributed by atoms with Gasteiger partial charge in [-0.25, -0.2) is 9.78 Å². The molecule has 0 aliphatic rings. The van der Waals surface area contributed by atoms with Crippen molar-refractivity contribution in [2.24, 2.45) is 0 Å². The molecule has 7 nitrogen and oxygen atoms in total. The van der Waals surface area contributed by atoms with Gasteiger partial charge in [0.2, 0.25) is 0 Å². The van der Waals surface area contributed by atoms with Gasteiger partial charge in [0, 0.05) is 7.11 Å². The van der Waals surface area contributed by atoms with Crippen LogP contribution in [0.3, 0.4) is 0 Å². The summed E-state index contributed by atoms with van der Waals surface area (Å²) < 4.78 is 14.8. The third-order valence-electron chi connectivity index (χ3n) is 2.11. The maximum Gasteiger partial charge on any atom is 0.356 e. The minimum Gasteiger partial charge on any atom is -0.461 e. The molecule has 1 heterocycles. The first-order valence-electron chi connectivity index (χ1n) is 6.10. The third kappa shape index (κ3) is 5.62. The topological polar surface area (TPSA) is 90.5 Å². The molecule has 1 N–H and O–H groups in total. The predicted octanol–water partition coefficient (Wildman–Crippen LogP) is 1.26. The summed E-state index contributed by atoms with van der Waals surface area (Å²) in [5.74, 6) is -0.735. The lowest BCUT2D eigenvalue weighted by Gasteiger charge is -2.11. The molecule has 0 saturated carbocycles. The number of carbonyl (C=O) groups excluding carboxylic acids is 2. The highest BCUT2D eigenvalue weighted by Crippen LogP contribution is 2.14. The van der Waals surface area contributed by atoms with E-state index < -0.39 is 5.97 Å². The summed E-state index contributed by atoms with van der Waals surface area (Å²) in [6, 6.07) is 0. The van der Waals surface area contributed by atoms with E-state index in [-0.39, 0.29) is 23.5 Å². The van der Waals surface area contributed by atoms with Crippen LogP contribution in [0.25, 0.3) is 0 Å². The quantitative estimate of drug-likeness (QED) is 0.571. The second-order valence-corrected chi connectivity index (χ2v) is 4.83. The number of esters is 2. The van der Waals surface area contributed by atoms with Gasteiger partial charge >= 0.3 is 11.9 Å². The summed E-state index contributed by atoms with van der Waals surface area (Å²) in [5.41, 5.74) is 0.260.